The molecule has 1 aliphatic carbocycles. The van der Waals surface area contributed by atoms with Gasteiger partial charge in [0.05, 0.1) is 0 Å². The van der Waals surface area contributed by atoms with Gasteiger partial charge in [0.25, 0.3) is 0 Å². The average Bonchev–Trinajstić information content (AvgIpc) is 2.69. The van der Waals surface area contributed by atoms with Crippen LogP contribution in [-0.4, -0.2) is 11.0 Å². The lowest BCUT2D eigenvalue weighted by Crippen LogP contribution is -2.19. The third kappa shape index (κ3) is 2.44. The summed E-state index contributed by atoms with van der Waals surface area (Å²) in [4.78, 5) is 4.50. The van der Waals surface area contributed by atoms with Crippen molar-refractivity contribution in [3.63, 3.8) is 0 Å². The third-order valence-electron chi connectivity index (χ3n) is 3.58. The first kappa shape index (κ1) is 11.0. The number of nitrogens with one attached hydrogen (secondary N) is 1. The molecule has 2 aromatic heterocycles. The molecule has 0 radical (unpaired) electrons. The Hall–Kier alpha value is -1.09. The van der Waals surface area contributed by atoms with Gasteiger partial charge in [-0.05, 0) is 30.4 Å². The molecule has 3 heteroatoms. The predicted octanol–water partition coefficient (Wildman–Crippen LogP) is 4.43. The zero-order valence-corrected chi connectivity index (χ0v) is 10.8. The fourth-order valence-electron chi connectivity index (χ4n) is 2.63. The fourth-order valence-corrected chi connectivity index (χ4v) is 3.41. The molecule has 0 saturated heterocycles. The van der Waals surface area contributed by atoms with Gasteiger partial charge in [0.2, 0.25) is 0 Å². The van der Waals surface area contributed by atoms with Gasteiger partial charge in [-0.1, -0.05) is 25.7 Å². The molecule has 0 spiro atoms. The van der Waals surface area contributed by atoms with Crippen LogP contribution in [0, 0.1) is 0 Å². The number of pyridine rings is 1. The summed E-state index contributed by atoms with van der Waals surface area (Å²) < 4.78 is 1.33. The lowest BCUT2D eigenvalue weighted by Gasteiger charge is -2.17. The molecule has 1 fully saturated rings. The van der Waals surface area contributed by atoms with Crippen molar-refractivity contribution in [1.82, 2.24) is 4.98 Å². The first-order valence-electron chi connectivity index (χ1n) is 6.52. The van der Waals surface area contributed by atoms with Crippen molar-refractivity contribution in [2.45, 2.75) is 44.6 Å². The Bertz CT molecular complexity index is 484. The van der Waals surface area contributed by atoms with Gasteiger partial charge in [-0.25, -0.2) is 4.98 Å². The first-order valence-corrected chi connectivity index (χ1v) is 7.40. The molecule has 0 bridgehead atoms. The molecule has 1 saturated carbocycles. The van der Waals surface area contributed by atoms with Crippen LogP contribution in [0.3, 0.4) is 0 Å². The Morgan fingerprint density at radius 1 is 1.12 bits per heavy atom. The summed E-state index contributed by atoms with van der Waals surface area (Å²) in [5, 5.41) is 7.07. The SMILES string of the molecule is c1cc2sccc2c(NC2CCCCCC2)n1. The monoisotopic (exact) mass is 246 g/mol. The van der Waals surface area contributed by atoms with E-state index >= 15 is 0 Å². The zero-order chi connectivity index (χ0) is 11.5. The molecular weight excluding hydrogens is 228 g/mol. The average molecular weight is 246 g/mol. The number of fused-ring (bicyclic) bond motifs is 1. The highest BCUT2D eigenvalue weighted by molar-refractivity contribution is 7.17. The van der Waals surface area contributed by atoms with Crippen LogP contribution in [0.4, 0.5) is 5.82 Å². The predicted molar refractivity (Wildman–Crippen MR) is 74.7 cm³/mol. The quantitative estimate of drug-likeness (QED) is 0.793. The summed E-state index contributed by atoms with van der Waals surface area (Å²) in [6.45, 7) is 0. The van der Waals surface area contributed by atoms with Gasteiger partial charge in [-0.2, -0.15) is 0 Å². The molecule has 2 nitrogen and oxygen atoms in total. The van der Waals surface area contributed by atoms with Gasteiger partial charge >= 0.3 is 0 Å². The molecular formula is C14H18N2S. The number of anilines is 1. The summed E-state index contributed by atoms with van der Waals surface area (Å²) in [6.07, 6.45) is 10.0. The molecule has 3 rings (SSSR count). The number of hydrogen-bond donors (Lipinski definition) is 1. The molecule has 0 aromatic carbocycles. The molecule has 0 aliphatic heterocycles. The van der Waals surface area contributed by atoms with E-state index in [1.165, 1.54) is 48.6 Å². The molecule has 90 valence electrons. The molecule has 1 aliphatic rings. The summed E-state index contributed by atoms with van der Waals surface area (Å²) in [5.74, 6) is 1.08. The van der Waals surface area contributed by atoms with Gasteiger partial charge in [0, 0.05) is 22.3 Å². The number of aromatic nitrogens is 1. The maximum Gasteiger partial charge on any atom is 0.134 e. The molecule has 0 amide bonds. The van der Waals surface area contributed by atoms with Crippen LogP contribution in [0.1, 0.15) is 38.5 Å². The van der Waals surface area contributed by atoms with Crippen molar-refractivity contribution in [3.05, 3.63) is 23.7 Å². The minimum absolute atomic E-state index is 0.621. The lowest BCUT2D eigenvalue weighted by molar-refractivity contribution is 0.618. The highest BCUT2D eigenvalue weighted by Crippen LogP contribution is 2.28. The second kappa shape index (κ2) is 5.05. The third-order valence-corrected chi connectivity index (χ3v) is 4.46. The van der Waals surface area contributed by atoms with Crippen LogP contribution in [0.15, 0.2) is 23.7 Å². The second-order valence-corrected chi connectivity index (χ2v) is 5.77. The Kier molecular flexibility index (Phi) is 3.27. The largest absolute Gasteiger partial charge is 0.367 e. The van der Waals surface area contributed by atoms with Crippen molar-refractivity contribution in [1.29, 1.82) is 0 Å². The van der Waals surface area contributed by atoms with E-state index in [0.717, 1.165) is 5.82 Å². The van der Waals surface area contributed by atoms with Crippen LogP contribution in [0.25, 0.3) is 10.1 Å². The molecule has 1 N–H and O–H groups in total. The highest BCUT2D eigenvalue weighted by atomic mass is 32.1. The molecule has 2 heterocycles. The van der Waals surface area contributed by atoms with E-state index in [1.54, 1.807) is 11.3 Å². The van der Waals surface area contributed by atoms with Gasteiger partial charge in [-0.15, -0.1) is 11.3 Å². The highest BCUT2D eigenvalue weighted by Gasteiger charge is 2.13. The van der Waals surface area contributed by atoms with Gasteiger partial charge in [0.15, 0.2) is 0 Å². The topological polar surface area (TPSA) is 24.9 Å². The maximum absolute atomic E-state index is 4.50. The van der Waals surface area contributed by atoms with E-state index in [9.17, 15) is 0 Å². The first-order chi connectivity index (χ1) is 8.43. The van der Waals surface area contributed by atoms with E-state index in [2.05, 4.69) is 27.8 Å². The second-order valence-electron chi connectivity index (χ2n) is 4.82. The summed E-state index contributed by atoms with van der Waals surface area (Å²) in [5.41, 5.74) is 0. The van der Waals surface area contributed by atoms with Crippen LogP contribution in [0.2, 0.25) is 0 Å². The van der Waals surface area contributed by atoms with Crippen molar-refractivity contribution in [3.8, 4) is 0 Å². The minimum Gasteiger partial charge on any atom is -0.367 e. The Morgan fingerprint density at radius 2 is 1.94 bits per heavy atom. The van der Waals surface area contributed by atoms with Crippen LogP contribution in [0.5, 0.6) is 0 Å². The molecule has 0 atom stereocenters. The van der Waals surface area contributed by atoms with Crippen molar-refractivity contribution >= 4 is 27.2 Å². The lowest BCUT2D eigenvalue weighted by atomic mass is 10.1. The molecule has 0 unspecified atom stereocenters. The fraction of sp³-hybridized carbons (Fsp3) is 0.500. The van der Waals surface area contributed by atoms with Crippen LogP contribution in [-0.2, 0) is 0 Å². The number of thiophene rings is 1. The summed E-state index contributed by atoms with van der Waals surface area (Å²) in [6, 6.07) is 4.89. The summed E-state index contributed by atoms with van der Waals surface area (Å²) in [7, 11) is 0. The van der Waals surface area contributed by atoms with Crippen molar-refractivity contribution < 1.29 is 0 Å². The molecule has 17 heavy (non-hydrogen) atoms. The van der Waals surface area contributed by atoms with Gasteiger partial charge in [0.1, 0.15) is 5.82 Å². The van der Waals surface area contributed by atoms with Gasteiger partial charge < -0.3 is 5.32 Å². The number of hydrogen-bond acceptors (Lipinski definition) is 3. The van der Waals surface area contributed by atoms with E-state index in [4.69, 9.17) is 0 Å². The zero-order valence-electron chi connectivity index (χ0n) is 9.98. The maximum atomic E-state index is 4.50. The Morgan fingerprint density at radius 3 is 2.76 bits per heavy atom. The van der Waals surface area contributed by atoms with Crippen molar-refractivity contribution in [2.24, 2.45) is 0 Å². The van der Waals surface area contributed by atoms with Gasteiger partial charge in [-0.3, -0.25) is 0 Å². The minimum atomic E-state index is 0.621. The number of rotatable bonds is 2. The van der Waals surface area contributed by atoms with E-state index in [1.807, 2.05) is 6.20 Å². The Balaban J connectivity index is 1.81. The van der Waals surface area contributed by atoms with E-state index in [-0.39, 0.29) is 0 Å². The molecule has 2 aromatic rings. The summed E-state index contributed by atoms with van der Waals surface area (Å²) >= 11 is 1.79. The van der Waals surface area contributed by atoms with E-state index < -0.39 is 0 Å². The van der Waals surface area contributed by atoms with Crippen LogP contribution < -0.4 is 5.32 Å². The van der Waals surface area contributed by atoms with Crippen LogP contribution >= 0.6 is 11.3 Å². The normalized spacial score (nSPS) is 18.1. The van der Waals surface area contributed by atoms with Crippen molar-refractivity contribution in [2.75, 3.05) is 5.32 Å². The Labute approximate surface area is 106 Å². The standard InChI is InChI=1S/C14H18N2S/c1-2-4-6-11(5-3-1)16-14-12-8-10-17-13(12)7-9-15-14/h7-11H,1-6H2,(H,15,16). The smallest absolute Gasteiger partial charge is 0.134 e. The van der Waals surface area contributed by atoms with E-state index in [0.29, 0.717) is 6.04 Å². The number of nitrogens with zero attached hydrogens (tertiary/aromatic N) is 1.